The first-order valence-corrected chi connectivity index (χ1v) is 12.4. The van der Waals surface area contributed by atoms with Gasteiger partial charge in [0, 0.05) is 64.4 Å². The van der Waals surface area contributed by atoms with Gasteiger partial charge in [-0.25, -0.2) is 0 Å². The van der Waals surface area contributed by atoms with Gasteiger partial charge in [0.2, 0.25) is 0 Å². The zero-order valence-corrected chi connectivity index (χ0v) is 21.5. The van der Waals surface area contributed by atoms with Gasteiger partial charge in [-0.15, -0.1) is 0 Å². The quantitative estimate of drug-likeness (QED) is 0.580. The molecule has 0 aliphatic carbocycles. The summed E-state index contributed by atoms with van der Waals surface area (Å²) in [4.78, 5) is 32.6. The summed E-state index contributed by atoms with van der Waals surface area (Å²) < 4.78 is 0. The van der Waals surface area contributed by atoms with E-state index in [1.807, 2.05) is 13.8 Å². The minimum atomic E-state index is -0.760. The lowest BCUT2D eigenvalue weighted by Crippen LogP contribution is -2.52. The highest BCUT2D eigenvalue weighted by Crippen LogP contribution is 2.11. The fraction of sp³-hybridized carbons (Fsp3) is 0.917. The van der Waals surface area contributed by atoms with Gasteiger partial charge in [0.25, 0.3) is 0 Å². The maximum atomic E-state index is 11.8. The molecular formula is C24H50N4O3. The highest BCUT2D eigenvalue weighted by atomic mass is 16.4. The first kappa shape index (κ1) is 30.0. The van der Waals surface area contributed by atoms with Crippen molar-refractivity contribution in [2.24, 2.45) is 0 Å². The van der Waals surface area contributed by atoms with Crippen molar-refractivity contribution in [3.8, 4) is 0 Å². The number of hydrogen-bond donors (Lipinski definition) is 1. The van der Waals surface area contributed by atoms with Gasteiger partial charge >= 0.3 is 5.97 Å². The van der Waals surface area contributed by atoms with Gasteiger partial charge in [-0.05, 0) is 41.0 Å². The van der Waals surface area contributed by atoms with Crippen LogP contribution in [0.15, 0.2) is 0 Å². The van der Waals surface area contributed by atoms with Crippen LogP contribution in [0.4, 0.5) is 0 Å². The van der Waals surface area contributed by atoms with Crippen molar-refractivity contribution in [3.63, 3.8) is 0 Å². The van der Waals surface area contributed by atoms with E-state index < -0.39 is 12.0 Å². The van der Waals surface area contributed by atoms with Crippen LogP contribution in [0.1, 0.15) is 68.2 Å². The molecule has 1 aliphatic rings. The van der Waals surface area contributed by atoms with E-state index in [0.29, 0.717) is 12.1 Å². The van der Waals surface area contributed by atoms with Gasteiger partial charge in [0.1, 0.15) is 12.3 Å². The number of nitrogens with zero attached hydrogens (tertiary/aromatic N) is 4. The van der Waals surface area contributed by atoms with Gasteiger partial charge in [0.15, 0.2) is 0 Å². The highest BCUT2D eigenvalue weighted by molar-refractivity contribution is 5.72. The molecule has 0 spiro atoms. The van der Waals surface area contributed by atoms with Crippen molar-refractivity contribution in [1.29, 1.82) is 0 Å². The Kier molecular flexibility index (Phi) is 16.0. The molecule has 7 heteroatoms. The van der Waals surface area contributed by atoms with E-state index in [1.165, 1.54) is 0 Å². The Balaban J connectivity index is 0.00000436. The molecule has 2 unspecified atom stereocenters. The van der Waals surface area contributed by atoms with Crippen molar-refractivity contribution in [1.82, 2.24) is 19.6 Å². The number of aldehydes is 1. The molecule has 7 nitrogen and oxygen atoms in total. The Morgan fingerprint density at radius 2 is 1.13 bits per heavy atom. The Bertz CT molecular complexity index is 463. The second-order valence-electron chi connectivity index (χ2n) is 8.84. The maximum absolute atomic E-state index is 11.8. The maximum Gasteiger partial charge on any atom is 0.320 e. The number of carboxylic acids is 1. The molecular weight excluding hydrogens is 392 g/mol. The molecule has 1 fully saturated rings. The van der Waals surface area contributed by atoms with Gasteiger partial charge < -0.3 is 9.90 Å². The number of rotatable bonds is 8. The van der Waals surface area contributed by atoms with Crippen LogP contribution in [0.2, 0.25) is 0 Å². The summed E-state index contributed by atoms with van der Waals surface area (Å²) in [7, 11) is 0. The average molecular weight is 443 g/mol. The minimum absolute atomic E-state index is 0.0190. The monoisotopic (exact) mass is 442 g/mol. The molecule has 0 aromatic rings. The second-order valence-corrected chi connectivity index (χ2v) is 8.84. The average Bonchev–Trinajstić information content (AvgIpc) is 2.73. The SMILES string of the molecule is CC.CCCC(C=O)N1CCN(C(C)C)CCN(C(C)C(=O)O)CCN(C(C)C)CC1. The number of carboxylic acid groups (broad SMARTS) is 1. The molecule has 0 bridgehead atoms. The molecule has 0 aromatic heterocycles. The largest absolute Gasteiger partial charge is 0.480 e. The predicted octanol–water partition coefficient (Wildman–Crippen LogP) is 2.89. The Morgan fingerprint density at radius 1 is 0.774 bits per heavy atom. The van der Waals surface area contributed by atoms with Crippen molar-refractivity contribution >= 4 is 12.3 Å². The van der Waals surface area contributed by atoms with Crippen molar-refractivity contribution in [3.05, 3.63) is 0 Å². The van der Waals surface area contributed by atoms with Crippen LogP contribution >= 0.6 is 0 Å². The number of carbonyl (C=O) groups excluding carboxylic acids is 1. The van der Waals surface area contributed by atoms with E-state index in [1.54, 1.807) is 6.92 Å². The number of aliphatic carboxylic acids is 1. The lowest BCUT2D eigenvalue weighted by atomic mass is 10.1. The first-order valence-electron chi connectivity index (χ1n) is 12.4. The summed E-state index contributed by atoms with van der Waals surface area (Å²) in [6.45, 7) is 23.3. The van der Waals surface area contributed by atoms with E-state index in [0.717, 1.165) is 71.5 Å². The van der Waals surface area contributed by atoms with Gasteiger partial charge in [-0.1, -0.05) is 27.2 Å². The third-order valence-corrected chi connectivity index (χ3v) is 6.27. The lowest BCUT2D eigenvalue weighted by molar-refractivity contribution is -0.142. The van der Waals surface area contributed by atoms with Crippen molar-refractivity contribution < 1.29 is 14.7 Å². The second kappa shape index (κ2) is 16.6. The molecule has 184 valence electrons. The molecule has 1 rings (SSSR count). The third-order valence-electron chi connectivity index (χ3n) is 6.27. The van der Waals surface area contributed by atoms with Crippen LogP contribution in [0.3, 0.4) is 0 Å². The Hall–Kier alpha value is -1.02. The molecule has 1 heterocycles. The Morgan fingerprint density at radius 3 is 1.42 bits per heavy atom. The van der Waals surface area contributed by atoms with Crippen LogP contribution in [0.5, 0.6) is 0 Å². The van der Waals surface area contributed by atoms with Gasteiger partial charge in [-0.3, -0.25) is 24.4 Å². The molecule has 0 aromatic carbocycles. The zero-order valence-electron chi connectivity index (χ0n) is 21.5. The van der Waals surface area contributed by atoms with E-state index in [9.17, 15) is 14.7 Å². The fourth-order valence-corrected chi connectivity index (χ4v) is 4.02. The molecule has 1 saturated heterocycles. The molecule has 0 radical (unpaired) electrons. The third kappa shape index (κ3) is 10.9. The van der Waals surface area contributed by atoms with Crippen LogP contribution in [-0.4, -0.2) is 113 Å². The molecule has 1 aliphatic heterocycles. The topological polar surface area (TPSA) is 67.3 Å². The van der Waals surface area contributed by atoms with Crippen LogP contribution in [0, 0.1) is 0 Å². The number of carbonyl (C=O) groups is 2. The normalized spacial score (nSPS) is 21.0. The summed E-state index contributed by atoms with van der Waals surface area (Å²) in [6, 6.07) is 0.264. The van der Waals surface area contributed by atoms with Gasteiger partial charge in [0.05, 0.1) is 6.04 Å². The van der Waals surface area contributed by atoms with Crippen LogP contribution < -0.4 is 0 Å². The molecule has 0 saturated carbocycles. The summed E-state index contributed by atoms with van der Waals surface area (Å²) >= 11 is 0. The summed E-state index contributed by atoms with van der Waals surface area (Å²) in [5.41, 5.74) is 0. The summed E-state index contributed by atoms with van der Waals surface area (Å²) in [5, 5.41) is 9.54. The summed E-state index contributed by atoms with van der Waals surface area (Å²) in [6.07, 6.45) is 3.02. The number of hydrogen-bond acceptors (Lipinski definition) is 6. The zero-order chi connectivity index (χ0) is 24.0. The van der Waals surface area contributed by atoms with E-state index in [-0.39, 0.29) is 6.04 Å². The molecule has 0 amide bonds. The minimum Gasteiger partial charge on any atom is -0.480 e. The highest BCUT2D eigenvalue weighted by Gasteiger charge is 2.25. The van der Waals surface area contributed by atoms with E-state index in [4.69, 9.17) is 0 Å². The molecule has 2 atom stereocenters. The van der Waals surface area contributed by atoms with Crippen LogP contribution in [0.25, 0.3) is 0 Å². The fourth-order valence-electron chi connectivity index (χ4n) is 4.02. The predicted molar refractivity (Wildman–Crippen MR) is 130 cm³/mol. The van der Waals surface area contributed by atoms with Crippen LogP contribution in [-0.2, 0) is 9.59 Å². The van der Waals surface area contributed by atoms with E-state index >= 15 is 0 Å². The van der Waals surface area contributed by atoms with Crippen molar-refractivity contribution in [2.75, 3.05) is 52.4 Å². The van der Waals surface area contributed by atoms with Crippen molar-refractivity contribution in [2.45, 2.75) is 92.4 Å². The van der Waals surface area contributed by atoms with E-state index in [2.05, 4.69) is 54.2 Å². The standard InChI is InChI=1S/C22H44N4O3.C2H6/c1-7-8-21(17-27)26-15-11-23(18(2)3)9-13-25(20(6)22(28)29)14-10-24(12-16-26)19(4)5;1-2/h17-21H,7-16H2,1-6H3,(H,28,29);1-2H3. The van der Waals surface area contributed by atoms with Gasteiger partial charge in [-0.2, -0.15) is 0 Å². The summed E-state index contributed by atoms with van der Waals surface area (Å²) in [5.74, 6) is -0.760. The smallest absolute Gasteiger partial charge is 0.320 e. The Labute approximate surface area is 191 Å². The first-order chi connectivity index (χ1) is 14.7. The lowest BCUT2D eigenvalue weighted by Gasteiger charge is -2.38. The molecule has 31 heavy (non-hydrogen) atoms. The molecule has 1 N–H and O–H groups in total.